The average Bonchev–Trinajstić information content (AvgIpc) is 2.53. The highest BCUT2D eigenvalue weighted by molar-refractivity contribution is 5.41. The summed E-state index contributed by atoms with van der Waals surface area (Å²) in [5.41, 5.74) is 2.70. The number of aryl methyl sites for hydroxylation is 1. The smallest absolute Gasteiger partial charge is 0.124 e. The van der Waals surface area contributed by atoms with Crippen LogP contribution in [0.25, 0.3) is 0 Å². The number of benzene rings is 1. The van der Waals surface area contributed by atoms with Crippen LogP contribution in [0.15, 0.2) is 18.2 Å². The standard InChI is InChI=1S/C19H29NO/c1-3-11-20-17-13-19(15-7-5-4-6-8-15)21-18-10-9-14(2)12-16(17)18/h9-10,12,15,17,19-20H,3-8,11,13H2,1-2H3. The van der Waals surface area contributed by atoms with Crippen molar-refractivity contribution in [1.29, 1.82) is 0 Å². The molecule has 1 aliphatic heterocycles. The van der Waals surface area contributed by atoms with Crippen molar-refractivity contribution >= 4 is 0 Å². The van der Waals surface area contributed by atoms with Gasteiger partial charge in [0.25, 0.3) is 0 Å². The van der Waals surface area contributed by atoms with Crippen LogP contribution in [-0.4, -0.2) is 12.6 Å². The number of nitrogens with one attached hydrogen (secondary N) is 1. The number of hydrogen-bond acceptors (Lipinski definition) is 2. The fourth-order valence-corrected chi connectivity index (χ4v) is 3.92. The third-order valence-electron chi connectivity index (χ3n) is 5.10. The molecule has 0 amide bonds. The lowest BCUT2D eigenvalue weighted by molar-refractivity contribution is 0.0728. The molecule has 0 saturated heterocycles. The molecule has 2 heteroatoms. The van der Waals surface area contributed by atoms with Gasteiger partial charge in [-0.2, -0.15) is 0 Å². The monoisotopic (exact) mass is 287 g/mol. The maximum atomic E-state index is 6.40. The molecule has 0 aromatic heterocycles. The van der Waals surface area contributed by atoms with Gasteiger partial charge in [0, 0.05) is 18.0 Å². The highest BCUT2D eigenvalue weighted by Crippen LogP contribution is 2.40. The van der Waals surface area contributed by atoms with Gasteiger partial charge in [-0.05, 0) is 44.7 Å². The largest absolute Gasteiger partial charge is 0.490 e. The Hall–Kier alpha value is -1.02. The molecule has 3 rings (SSSR count). The van der Waals surface area contributed by atoms with E-state index in [1.807, 2.05) is 0 Å². The van der Waals surface area contributed by atoms with Crippen LogP contribution in [0.4, 0.5) is 0 Å². The molecule has 1 aromatic carbocycles. The quantitative estimate of drug-likeness (QED) is 0.861. The van der Waals surface area contributed by atoms with Crippen LogP contribution in [0.1, 0.15) is 69.0 Å². The average molecular weight is 287 g/mol. The van der Waals surface area contributed by atoms with Gasteiger partial charge in [0.05, 0.1) is 0 Å². The molecule has 2 nitrogen and oxygen atoms in total. The van der Waals surface area contributed by atoms with Crippen molar-refractivity contribution in [2.75, 3.05) is 6.54 Å². The predicted molar refractivity (Wildman–Crippen MR) is 87.8 cm³/mol. The van der Waals surface area contributed by atoms with E-state index in [4.69, 9.17) is 4.74 Å². The van der Waals surface area contributed by atoms with Gasteiger partial charge in [0.15, 0.2) is 0 Å². The molecular formula is C19H29NO. The lowest BCUT2D eigenvalue weighted by Gasteiger charge is -2.38. The minimum absolute atomic E-state index is 0.412. The summed E-state index contributed by atoms with van der Waals surface area (Å²) < 4.78 is 6.40. The van der Waals surface area contributed by atoms with Gasteiger partial charge >= 0.3 is 0 Å². The lowest BCUT2D eigenvalue weighted by atomic mass is 9.81. The Morgan fingerprint density at radius 2 is 2.00 bits per heavy atom. The van der Waals surface area contributed by atoms with Gasteiger partial charge in [-0.3, -0.25) is 0 Å². The fourth-order valence-electron chi connectivity index (χ4n) is 3.92. The summed E-state index contributed by atoms with van der Waals surface area (Å²) in [7, 11) is 0. The maximum absolute atomic E-state index is 6.40. The number of ether oxygens (including phenoxy) is 1. The lowest BCUT2D eigenvalue weighted by Crippen LogP contribution is -2.38. The topological polar surface area (TPSA) is 21.3 Å². The van der Waals surface area contributed by atoms with E-state index in [1.54, 1.807) is 0 Å². The molecule has 2 atom stereocenters. The van der Waals surface area contributed by atoms with E-state index in [2.05, 4.69) is 37.4 Å². The van der Waals surface area contributed by atoms with Crippen LogP contribution in [0.5, 0.6) is 5.75 Å². The van der Waals surface area contributed by atoms with Crippen molar-refractivity contribution in [3.05, 3.63) is 29.3 Å². The molecule has 0 bridgehead atoms. The van der Waals surface area contributed by atoms with Gasteiger partial charge in [-0.25, -0.2) is 0 Å². The molecule has 21 heavy (non-hydrogen) atoms. The predicted octanol–water partition coefficient (Wildman–Crippen LogP) is 4.77. The summed E-state index contributed by atoms with van der Waals surface area (Å²) in [5.74, 6) is 1.88. The Morgan fingerprint density at radius 1 is 1.19 bits per heavy atom. The van der Waals surface area contributed by atoms with Crippen molar-refractivity contribution in [3.63, 3.8) is 0 Å². The van der Waals surface area contributed by atoms with Crippen molar-refractivity contribution in [2.24, 2.45) is 5.92 Å². The molecule has 0 radical (unpaired) electrons. The van der Waals surface area contributed by atoms with Crippen molar-refractivity contribution in [2.45, 2.75) is 70.9 Å². The second-order valence-electron chi connectivity index (χ2n) is 6.84. The maximum Gasteiger partial charge on any atom is 0.124 e. The molecule has 2 aliphatic rings. The number of rotatable bonds is 4. The number of fused-ring (bicyclic) bond motifs is 1. The molecule has 1 saturated carbocycles. The van der Waals surface area contributed by atoms with E-state index in [0.29, 0.717) is 12.1 Å². The Bertz CT molecular complexity index is 465. The second-order valence-corrected chi connectivity index (χ2v) is 6.84. The molecule has 116 valence electrons. The first-order valence-electron chi connectivity index (χ1n) is 8.78. The zero-order valence-corrected chi connectivity index (χ0v) is 13.5. The fraction of sp³-hybridized carbons (Fsp3) is 0.684. The summed E-state index contributed by atoms with van der Waals surface area (Å²) >= 11 is 0. The number of hydrogen-bond donors (Lipinski definition) is 1. The van der Waals surface area contributed by atoms with Crippen LogP contribution in [0.2, 0.25) is 0 Å². The molecule has 1 N–H and O–H groups in total. The normalized spacial score (nSPS) is 26.2. The first kappa shape index (κ1) is 14.9. The highest BCUT2D eigenvalue weighted by atomic mass is 16.5. The van der Waals surface area contributed by atoms with Crippen molar-refractivity contribution in [3.8, 4) is 5.75 Å². The molecule has 1 fully saturated rings. The summed E-state index contributed by atoms with van der Waals surface area (Å²) in [4.78, 5) is 0. The van der Waals surface area contributed by atoms with Gasteiger partial charge in [0.2, 0.25) is 0 Å². The Labute approximate surface area is 129 Å². The molecular weight excluding hydrogens is 258 g/mol. The minimum Gasteiger partial charge on any atom is -0.490 e. The van der Waals surface area contributed by atoms with Crippen molar-refractivity contribution < 1.29 is 4.74 Å². The molecule has 0 spiro atoms. The van der Waals surface area contributed by atoms with E-state index >= 15 is 0 Å². The summed E-state index contributed by atoms with van der Waals surface area (Å²) in [6.07, 6.45) is 9.63. The van der Waals surface area contributed by atoms with Gasteiger partial charge in [-0.1, -0.05) is 43.9 Å². The molecule has 1 aromatic rings. The van der Waals surface area contributed by atoms with E-state index < -0.39 is 0 Å². The zero-order valence-electron chi connectivity index (χ0n) is 13.5. The van der Waals surface area contributed by atoms with E-state index in [9.17, 15) is 0 Å². The van der Waals surface area contributed by atoms with E-state index in [0.717, 1.165) is 24.6 Å². The molecule has 1 heterocycles. The second kappa shape index (κ2) is 6.83. The Kier molecular flexibility index (Phi) is 4.84. The van der Waals surface area contributed by atoms with E-state index in [-0.39, 0.29) is 0 Å². The van der Waals surface area contributed by atoms with Crippen LogP contribution in [0, 0.1) is 12.8 Å². The minimum atomic E-state index is 0.412. The van der Waals surface area contributed by atoms with Crippen molar-refractivity contribution in [1.82, 2.24) is 5.32 Å². The SMILES string of the molecule is CCCNC1CC(C2CCCCC2)Oc2ccc(C)cc21. The third-order valence-corrected chi connectivity index (χ3v) is 5.10. The zero-order chi connectivity index (χ0) is 14.7. The molecule has 2 unspecified atom stereocenters. The Balaban J connectivity index is 1.80. The van der Waals surface area contributed by atoms with Crippen LogP contribution < -0.4 is 10.1 Å². The van der Waals surface area contributed by atoms with Gasteiger partial charge in [0.1, 0.15) is 11.9 Å². The van der Waals surface area contributed by atoms with Gasteiger partial charge in [-0.15, -0.1) is 0 Å². The van der Waals surface area contributed by atoms with E-state index in [1.165, 1.54) is 49.7 Å². The highest BCUT2D eigenvalue weighted by Gasteiger charge is 2.33. The Morgan fingerprint density at radius 3 is 2.76 bits per heavy atom. The third kappa shape index (κ3) is 3.42. The summed E-state index contributed by atoms with van der Waals surface area (Å²) in [6, 6.07) is 7.14. The van der Waals surface area contributed by atoms with Crippen LogP contribution in [-0.2, 0) is 0 Å². The summed E-state index contributed by atoms with van der Waals surface area (Å²) in [5, 5.41) is 3.74. The van der Waals surface area contributed by atoms with Crippen LogP contribution >= 0.6 is 0 Å². The first-order chi connectivity index (χ1) is 10.3. The van der Waals surface area contributed by atoms with Gasteiger partial charge < -0.3 is 10.1 Å². The first-order valence-corrected chi connectivity index (χ1v) is 8.78. The van der Waals surface area contributed by atoms with Crippen LogP contribution in [0.3, 0.4) is 0 Å². The molecule has 1 aliphatic carbocycles. The summed E-state index contributed by atoms with van der Waals surface area (Å²) in [6.45, 7) is 5.50.